The first-order valence-electron chi connectivity index (χ1n) is 5.26. The minimum Gasteiger partial charge on any atom is -0.383 e. The number of aliphatic hydroxyl groups is 1. The zero-order valence-electron chi connectivity index (χ0n) is 9.23. The summed E-state index contributed by atoms with van der Waals surface area (Å²) in [7, 11) is 0. The molecule has 3 atom stereocenters. The van der Waals surface area contributed by atoms with E-state index in [9.17, 15) is 5.11 Å². The van der Waals surface area contributed by atoms with Crippen LogP contribution in [0, 0.1) is 0 Å². The van der Waals surface area contributed by atoms with Crippen molar-refractivity contribution in [2.75, 3.05) is 13.2 Å². The molecule has 0 aromatic carbocycles. The van der Waals surface area contributed by atoms with E-state index in [1.807, 2.05) is 13.8 Å². The van der Waals surface area contributed by atoms with Crippen molar-refractivity contribution in [3.05, 3.63) is 12.7 Å². The van der Waals surface area contributed by atoms with Crippen LogP contribution in [-0.2, 0) is 14.2 Å². The third-order valence-electron chi connectivity index (χ3n) is 3.01. The molecule has 4 heteroatoms. The third-order valence-corrected chi connectivity index (χ3v) is 3.01. The van der Waals surface area contributed by atoms with Crippen molar-refractivity contribution in [1.29, 1.82) is 0 Å². The lowest BCUT2D eigenvalue weighted by atomic mass is 9.92. The van der Waals surface area contributed by atoms with Gasteiger partial charge in [0.2, 0.25) is 0 Å². The minimum atomic E-state index is -0.978. The van der Waals surface area contributed by atoms with Gasteiger partial charge in [-0.2, -0.15) is 0 Å². The summed E-state index contributed by atoms with van der Waals surface area (Å²) in [6.07, 6.45) is 1.53. The van der Waals surface area contributed by atoms with Gasteiger partial charge in [-0.25, -0.2) is 0 Å². The highest BCUT2D eigenvalue weighted by atomic mass is 16.8. The maximum atomic E-state index is 10.2. The number of hydrogen-bond acceptors (Lipinski definition) is 4. The van der Waals surface area contributed by atoms with Gasteiger partial charge in [0.05, 0.1) is 13.2 Å². The molecule has 0 radical (unpaired) electrons. The van der Waals surface area contributed by atoms with E-state index in [0.717, 1.165) is 0 Å². The van der Waals surface area contributed by atoms with Gasteiger partial charge < -0.3 is 19.3 Å². The molecule has 2 saturated heterocycles. The summed E-state index contributed by atoms with van der Waals surface area (Å²) >= 11 is 0. The third kappa shape index (κ3) is 1.95. The van der Waals surface area contributed by atoms with E-state index < -0.39 is 11.4 Å². The number of hydrogen-bond donors (Lipinski definition) is 1. The lowest BCUT2D eigenvalue weighted by molar-refractivity contribution is -0.163. The lowest BCUT2D eigenvalue weighted by Crippen LogP contribution is -2.45. The van der Waals surface area contributed by atoms with Gasteiger partial charge in [-0.3, -0.25) is 0 Å². The fraction of sp³-hybridized carbons (Fsp3) is 0.818. The number of rotatable bonds is 2. The monoisotopic (exact) mass is 214 g/mol. The van der Waals surface area contributed by atoms with Crippen molar-refractivity contribution in [1.82, 2.24) is 0 Å². The second-order valence-electron chi connectivity index (χ2n) is 4.60. The molecular formula is C11H18O4. The topological polar surface area (TPSA) is 47.9 Å². The minimum absolute atomic E-state index is 0.217. The molecule has 2 aliphatic rings. The van der Waals surface area contributed by atoms with Crippen molar-refractivity contribution in [2.45, 2.75) is 43.9 Å². The second kappa shape index (κ2) is 3.56. The molecule has 15 heavy (non-hydrogen) atoms. The molecule has 2 aliphatic heterocycles. The summed E-state index contributed by atoms with van der Waals surface area (Å²) in [6, 6.07) is 0. The summed E-state index contributed by atoms with van der Waals surface area (Å²) in [5, 5.41) is 10.2. The Balaban J connectivity index is 2.08. The fourth-order valence-electron chi connectivity index (χ4n) is 2.15. The molecule has 2 heterocycles. The van der Waals surface area contributed by atoms with Crippen LogP contribution in [-0.4, -0.2) is 41.9 Å². The maximum absolute atomic E-state index is 10.2. The Morgan fingerprint density at radius 1 is 1.47 bits per heavy atom. The molecule has 2 rings (SSSR count). The second-order valence-corrected chi connectivity index (χ2v) is 4.60. The zero-order chi connectivity index (χ0) is 11.1. The van der Waals surface area contributed by atoms with Crippen LogP contribution in [0.4, 0.5) is 0 Å². The molecule has 0 spiro atoms. The van der Waals surface area contributed by atoms with Gasteiger partial charge in [0.25, 0.3) is 0 Å². The van der Waals surface area contributed by atoms with Crippen molar-refractivity contribution >= 4 is 0 Å². The normalized spacial score (nSPS) is 44.5. The Morgan fingerprint density at radius 3 is 2.73 bits per heavy atom. The van der Waals surface area contributed by atoms with Gasteiger partial charge in [0.1, 0.15) is 17.8 Å². The largest absolute Gasteiger partial charge is 0.383 e. The molecule has 0 aliphatic carbocycles. The Kier molecular flexibility index (Phi) is 2.63. The Labute approximate surface area is 89.8 Å². The zero-order valence-corrected chi connectivity index (χ0v) is 9.23. The quantitative estimate of drug-likeness (QED) is 0.692. The van der Waals surface area contributed by atoms with Crippen LogP contribution in [0.15, 0.2) is 12.7 Å². The molecule has 0 saturated carbocycles. The molecule has 86 valence electrons. The van der Waals surface area contributed by atoms with Crippen LogP contribution in [0.2, 0.25) is 0 Å². The first-order chi connectivity index (χ1) is 6.97. The molecule has 0 aromatic rings. The summed E-state index contributed by atoms with van der Waals surface area (Å²) in [4.78, 5) is 0. The van der Waals surface area contributed by atoms with Gasteiger partial charge in [-0.1, -0.05) is 6.08 Å². The SMILES string of the molecule is C=CC1(O)CCOC1C1COC(C)(C)O1. The van der Waals surface area contributed by atoms with E-state index in [1.165, 1.54) is 0 Å². The summed E-state index contributed by atoms with van der Waals surface area (Å²) in [5.74, 6) is -0.585. The van der Waals surface area contributed by atoms with Crippen LogP contribution in [0.3, 0.4) is 0 Å². The average molecular weight is 214 g/mol. The van der Waals surface area contributed by atoms with Crippen molar-refractivity contribution in [2.24, 2.45) is 0 Å². The highest BCUT2D eigenvalue weighted by Crippen LogP contribution is 2.35. The Morgan fingerprint density at radius 2 is 2.20 bits per heavy atom. The lowest BCUT2D eigenvalue weighted by Gasteiger charge is -2.29. The molecule has 0 bridgehead atoms. The molecular weight excluding hydrogens is 196 g/mol. The van der Waals surface area contributed by atoms with Crippen molar-refractivity contribution in [3.63, 3.8) is 0 Å². The van der Waals surface area contributed by atoms with E-state index in [0.29, 0.717) is 19.6 Å². The van der Waals surface area contributed by atoms with E-state index in [4.69, 9.17) is 14.2 Å². The molecule has 0 aromatic heterocycles. The molecule has 3 unspecified atom stereocenters. The summed E-state index contributed by atoms with van der Waals surface area (Å²) in [5.41, 5.74) is -0.978. The van der Waals surface area contributed by atoms with Crippen molar-refractivity contribution in [3.8, 4) is 0 Å². The van der Waals surface area contributed by atoms with E-state index in [-0.39, 0.29) is 12.2 Å². The van der Waals surface area contributed by atoms with Gasteiger partial charge >= 0.3 is 0 Å². The predicted molar refractivity (Wildman–Crippen MR) is 54.4 cm³/mol. The summed E-state index contributed by atoms with van der Waals surface area (Å²) < 4.78 is 16.6. The van der Waals surface area contributed by atoms with E-state index >= 15 is 0 Å². The van der Waals surface area contributed by atoms with Gasteiger partial charge in [-0.15, -0.1) is 6.58 Å². The predicted octanol–water partition coefficient (Wildman–Crippen LogP) is 0.844. The van der Waals surface area contributed by atoms with E-state index in [1.54, 1.807) is 6.08 Å². The van der Waals surface area contributed by atoms with Crippen LogP contribution in [0.1, 0.15) is 20.3 Å². The van der Waals surface area contributed by atoms with Gasteiger partial charge in [0, 0.05) is 6.42 Å². The standard InChI is InChI=1S/C11H18O4/c1-4-11(12)5-6-13-9(11)8-7-14-10(2,3)15-8/h4,8-9,12H,1,5-7H2,2-3H3. The highest BCUT2D eigenvalue weighted by molar-refractivity contribution is 5.08. The Bertz CT molecular complexity index is 263. The van der Waals surface area contributed by atoms with Crippen molar-refractivity contribution < 1.29 is 19.3 Å². The molecule has 4 nitrogen and oxygen atoms in total. The fourth-order valence-corrected chi connectivity index (χ4v) is 2.15. The average Bonchev–Trinajstić information content (AvgIpc) is 2.70. The van der Waals surface area contributed by atoms with Crippen LogP contribution in [0.5, 0.6) is 0 Å². The molecule has 2 fully saturated rings. The van der Waals surface area contributed by atoms with Gasteiger partial charge in [-0.05, 0) is 13.8 Å². The first kappa shape index (κ1) is 11.1. The van der Waals surface area contributed by atoms with E-state index in [2.05, 4.69) is 6.58 Å². The summed E-state index contributed by atoms with van der Waals surface area (Å²) in [6.45, 7) is 8.35. The van der Waals surface area contributed by atoms with Gasteiger partial charge in [0.15, 0.2) is 5.79 Å². The smallest absolute Gasteiger partial charge is 0.163 e. The van der Waals surface area contributed by atoms with Crippen LogP contribution < -0.4 is 0 Å². The maximum Gasteiger partial charge on any atom is 0.163 e. The highest BCUT2D eigenvalue weighted by Gasteiger charge is 2.49. The number of ether oxygens (including phenoxy) is 3. The first-order valence-corrected chi connectivity index (χ1v) is 5.26. The Hall–Kier alpha value is -0.420. The molecule has 0 amide bonds. The van der Waals surface area contributed by atoms with Crippen LogP contribution in [0.25, 0.3) is 0 Å². The molecule has 1 N–H and O–H groups in total. The van der Waals surface area contributed by atoms with Crippen LogP contribution >= 0.6 is 0 Å².